The van der Waals surface area contributed by atoms with Crippen molar-refractivity contribution >= 4 is 11.8 Å². The first-order valence-corrected chi connectivity index (χ1v) is 11.3. The van der Waals surface area contributed by atoms with Gasteiger partial charge < -0.3 is 15.0 Å². The summed E-state index contributed by atoms with van der Waals surface area (Å²) < 4.78 is 5.80. The van der Waals surface area contributed by atoms with Crippen LogP contribution in [0.2, 0.25) is 0 Å². The minimum absolute atomic E-state index is 0.139. The second kappa shape index (κ2) is 11.9. The van der Waals surface area contributed by atoms with E-state index in [0.29, 0.717) is 18.7 Å². The van der Waals surface area contributed by atoms with Crippen molar-refractivity contribution in [1.82, 2.24) is 10.2 Å². The average molecular weight is 445 g/mol. The van der Waals surface area contributed by atoms with E-state index in [9.17, 15) is 9.59 Å². The third-order valence-corrected chi connectivity index (χ3v) is 5.68. The third-order valence-electron chi connectivity index (χ3n) is 5.68. The first-order chi connectivity index (χ1) is 16.0. The maximum absolute atomic E-state index is 13.4. The Morgan fingerprint density at radius 3 is 2.12 bits per heavy atom. The lowest BCUT2D eigenvalue weighted by Crippen LogP contribution is -2.51. The van der Waals surface area contributed by atoms with Gasteiger partial charge >= 0.3 is 0 Å². The first kappa shape index (κ1) is 24.1. The Balaban J connectivity index is 1.84. The molecule has 1 atom stereocenters. The molecule has 0 aliphatic heterocycles. The molecule has 0 saturated carbocycles. The molecular formula is C28H32N2O3. The monoisotopic (exact) mass is 444 g/mol. The Morgan fingerprint density at radius 2 is 1.52 bits per heavy atom. The summed E-state index contributed by atoms with van der Waals surface area (Å²) >= 11 is 0. The van der Waals surface area contributed by atoms with Gasteiger partial charge in [0.15, 0.2) is 6.61 Å². The number of benzene rings is 3. The van der Waals surface area contributed by atoms with Crippen LogP contribution in [0.15, 0.2) is 78.9 Å². The van der Waals surface area contributed by atoms with E-state index in [2.05, 4.69) is 12.2 Å². The summed E-state index contributed by atoms with van der Waals surface area (Å²) in [4.78, 5) is 27.9. The Hall–Kier alpha value is -3.60. The maximum atomic E-state index is 13.4. The second-order valence-corrected chi connectivity index (χ2v) is 8.11. The maximum Gasteiger partial charge on any atom is 0.261 e. The Bertz CT molecular complexity index is 1030. The molecule has 3 rings (SSSR count). The Morgan fingerprint density at radius 1 is 0.879 bits per heavy atom. The highest BCUT2D eigenvalue weighted by atomic mass is 16.5. The van der Waals surface area contributed by atoms with E-state index in [1.807, 2.05) is 85.8 Å². The van der Waals surface area contributed by atoms with E-state index in [0.717, 1.165) is 23.1 Å². The molecule has 0 aromatic heterocycles. The van der Waals surface area contributed by atoms with Gasteiger partial charge in [0, 0.05) is 20.0 Å². The molecule has 0 saturated heterocycles. The van der Waals surface area contributed by atoms with Crippen LogP contribution in [0.3, 0.4) is 0 Å². The normalized spacial score (nSPS) is 11.5. The van der Waals surface area contributed by atoms with E-state index in [1.165, 1.54) is 5.56 Å². The van der Waals surface area contributed by atoms with Crippen molar-refractivity contribution in [2.75, 3.05) is 13.7 Å². The zero-order valence-electron chi connectivity index (χ0n) is 19.6. The van der Waals surface area contributed by atoms with Gasteiger partial charge in [0.2, 0.25) is 5.91 Å². The summed E-state index contributed by atoms with van der Waals surface area (Å²) in [6, 6.07) is 24.8. The molecule has 0 bridgehead atoms. The summed E-state index contributed by atoms with van der Waals surface area (Å²) in [6.07, 6.45) is 1.36. The van der Waals surface area contributed by atoms with Gasteiger partial charge in [-0.05, 0) is 42.2 Å². The molecule has 0 aliphatic carbocycles. The number of aryl methyl sites for hydroxylation is 2. The first-order valence-electron chi connectivity index (χ1n) is 11.3. The van der Waals surface area contributed by atoms with Gasteiger partial charge in [-0.3, -0.25) is 9.59 Å². The van der Waals surface area contributed by atoms with Crippen molar-refractivity contribution < 1.29 is 14.3 Å². The van der Waals surface area contributed by atoms with Crippen LogP contribution in [0.25, 0.3) is 0 Å². The van der Waals surface area contributed by atoms with Crippen LogP contribution >= 0.6 is 0 Å². The number of likely N-dealkylation sites (N-methyl/N-ethyl adjacent to an activating group) is 1. The lowest BCUT2D eigenvalue weighted by Gasteiger charge is -2.31. The van der Waals surface area contributed by atoms with Crippen molar-refractivity contribution in [1.29, 1.82) is 0 Å². The molecule has 3 aromatic carbocycles. The van der Waals surface area contributed by atoms with Gasteiger partial charge in [0.05, 0.1) is 0 Å². The largest absolute Gasteiger partial charge is 0.484 e. The molecule has 0 unspecified atom stereocenters. The van der Waals surface area contributed by atoms with Crippen molar-refractivity contribution in [2.24, 2.45) is 0 Å². The molecule has 0 spiro atoms. The quantitative estimate of drug-likeness (QED) is 0.507. The molecular weight excluding hydrogens is 412 g/mol. The predicted octanol–water partition coefficient (Wildman–Crippen LogP) is 4.32. The molecule has 0 radical (unpaired) electrons. The number of nitrogens with zero attached hydrogens (tertiary/aromatic N) is 1. The lowest BCUT2D eigenvalue weighted by atomic mass is 10.0. The highest BCUT2D eigenvalue weighted by Crippen LogP contribution is 2.17. The van der Waals surface area contributed by atoms with Crippen LogP contribution in [0.5, 0.6) is 5.75 Å². The van der Waals surface area contributed by atoms with Gasteiger partial charge in [0.25, 0.3) is 5.91 Å². The van der Waals surface area contributed by atoms with Gasteiger partial charge in [0.1, 0.15) is 11.8 Å². The second-order valence-electron chi connectivity index (χ2n) is 8.11. The molecule has 5 heteroatoms. The summed E-state index contributed by atoms with van der Waals surface area (Å²) in [5.41, 5.74) is 4.30. The van der Waals surface area contributed by atoms with Crippen LogP contribution in [-0.4, -0.2) is 36.4 Å². The standard InChI is InChI=1S/C28H32N2O3/c1-4-22-14-16-25(17-15-22)33-20-27(31)30(19-24-12-10-21(2)11-13-24)26(28(32)29-3)18-23-8-6-5-7-9-23/h5-17,26H,4,18-20H2,1-3H3,(H,29,32)/t26-/m1/s1. The van der Waals surface area contributed by atoms with Gasteiger partial charge in [-0.15, -0.1) is 0 Å². The Labute approximate surface area is 196 Å². The number of hydrogen-bond donors (Lipinski definition) is 1. The number of hydrogen-bond acceptors (Lipinski definition) is 3. The van der Waals surface area contributed by atoms with Crippen LogP contribution in [0.1, 0.15) is 29.2 Å². The zero-order chi connectivity index (χ0) is 23.6. The lowest BCUT2D eigenvalue weighted by molar-refractivity contribution is -0.142. The number of carbonyl (C=O) groups excluding carboxylic acids is 2. The van der Waals surface area contributed by atoms with E-state index in [-0.39, 0.29) is 18.4 Å². The summed E-state index contributed by atoms with van der Waals surface area (Å²) in [6.45, 7) is 4.29. The van der Waals surface area contributed by atoms with Crippen molar-refractivity contribution in [3.63, 3.8) is 0 Å². The van der Waals surface area contributed by atoms with Gasteiger partial charge in [-0.2, -0.15) is 0 Å². The number of carbonyl (C=O) groups is 2. The molecule has 172 valence electrons. The van der Waals surface area contributed by atoms with Gasteiger partial charge in [-0.1, -0.05) is 79.2 Å². The minimum atomic E-state index is -0.655. The van der Waals surface area contributed by atoms with Crippen LogP contribution < -0.4 is 10.1 Å². The molecule has 33 heavy (non-hydrogen) atoms. The number of nitrogens with one attached hydrogen (secondary N) is 1. The third kappa shape index (κ3) is 6.94. The summed E-state index contributed by atoms with van der Waals surface area (Å²) in [5.74, 6) is 0.196. The molecule has 3 aromatic rings. The summed E-state index contributed by atoms with van der Waals surface area (Å²) in [5, 5.41) is 2.73. The highest BCUT2D eigenvalue weighted by molar-refractivity contribution is 5.88. The van der Waals surface area contributed by atoms with Gasteiger partial charge in [-0.25, -0.2) is 0 Å². The van der Waals surface area contributed by atoms with Crippen LogP contribution in [-0.2, 0) is 29.0 Å². The van der Waals surface area contributed by atoms with Crippen molar-refractivity contribution in [2.45, 2.75) is 39.3 Å². The molecule has 1 N–H and O–H groups in total. The van der Waals surface area contributed by atoms with Crippen LogP contribution in [0.4, 0.5) is 0 Å². The summed E-state index contributed by atoms with van der Waals surface area (Å²) in [7, 11) is 1.60. The number of ether oxygens (including phenoxy) is 1. The smallest absolute Gasteiger partial charge is 0.261 e. The van der Waals surface area contributed by atoms with Crippen molar-refractivity contribution in [3.05, 3.63) is 101 Å². The molecule has 5 nitrogen and oxygen atoms in total. The fourth-order valence-corrected chi connectivity index (χ4v) is 3.66. The minimum Gasteiger partial charge on any atom is -0.484 e. The zero-order valence-corrected chi connectivity index (χ0v) is 19.6. The van der Waals surface area contributed by atoms with E-state index in [4.69, 9.17) is 4.74 Å². The molecule has 0 fully saturated rings. The topological polar surface area (TPSA) is 58.6 Å². The van der Waals surface area contributed by atoms with E-state index >= 15 is 0 Å². The molecule has 0 heterocycles. The molecule has 0 aliphatic rings. The fourth-order valence-electron chi connectivity index (χ4n) is 3.66. The fraction of sp³-hybridized carbons (Fsp3) is 0.286. The van der Waals surface area contributed by atoms with E-state index in [1.54, 1.807) is 11.9 Å². The average Bonchev–Trinajstić information content (AvgIpc) is 2.86. The van der Waals surface area contributed by atoms with E-state index < -0.39 is 6.04 Å². The number of rotatable bonds is 10. The molecule has 2 amide bonds. The Kier molecular flexibility index (Phi) is 8.64. The highest BCUT2D eigenvalue weighted by Gasteiger charge is 2.30. The SMILES string of the molecule is CCc1ccc(OCC(=O)N(Cc2ccc(C)cc2)[C@H](Cc2ccccc2)C(=O)NC)cc1. The van der Waals surface area contributed by atoms with Crippen molar-refractivity contribution in [3.8, 4) is 5.75 Å². The van der Waals surface area contributed by atoms with Crippen LogP contribution in [0, 0.1) is 6.92 Å². The number of amides is 2. The predicted molar refractivity (Wildman–Crippen MR) is 131 cm³/mol.